The van der Waals surface area contributed by atoms with Gasteiger partial charge in [0.05, 0.1) is 0 Å². The molecule has 0 aliphatic rings. The second-order valence-electron chi connectivity index (χ2n) is 5.27. The number of ketones is 1. The molecular formula is C18H20O2. The monoisotopic (exact) mass is 268 g/mol. The van der Waals surface area contributed by atoms with E-state index in [2.05, 4.69) is 19.1 Å². The van der Waals surface area contributed by atoms with Crippen LogP contribution in [-0.4, -0.2) is 5.78 Å². The number of Topliss-reactive ketones (excluding diaryl/α,β-unsaturated/α-hetero) is 1. The Hall–Kier alpha value is -2.09. The van der Waals surface area contributed by atoms with Crippen LogP contribution in [0.15, 0.2) is 54.6 Å². The largest absolute Gasteiger partial charge is 0.457 e. The highest BCUT2D eigenvalue weighted by Gasteiger charge is 2.06. The molecule has 0 aliphatic heterocycles. The van der Waals surface area contributed by atoms with Crippen molar-refractivity contribution in [3.63, 3.8) is 0 Å². The first-order valence-corrected chi connectivity index (χ1v) is 6.95. The Morgan fingerprint density at radius 2 is 1.60 bits per heavy atom. The number of carbonyl (C=O) groups is 1. The van der Waals surface area contributed by atoms with E-state index >= 15 is 0 Å². The zero-order valence-corrected chi connectivity index (χ0v) is 12.0. The summed E-state index contributed by atoms with van der Waals surface area (Å²) in [7, 11) is 0. The average molecular weight is 268 g/mol. The number of para-hydroxylation sites is 1. The number of hydrogen-bond donors (Lipinski definition) is 0. The highest BCUT2D eigenvalue weighted by molar-refractivity contribution is 5.75. The van der Waals surface area contributed by atoms with Gasteiger partial charge in [0, 0.05) is 6.42 Å². The van der Waals surface area contributed by atoms with E-state index in [4.69, 9.17) is 4.74 Å². The molecule has 0 aromatic heterocycles. The molecule has 0 N–H and O–H groups in total. The van der Waals surface area contributed by atoms with E-state index < -0.39 is 0 Å². The first-order chi connectivity index (χ1) is 9.63. The Kier molecular flexibility index (Phi) is 4.94. The first-order valence-electron chi connectivity index (χ1n) is 6.95. The quantitative estimate of drug-likeness (QED) is 0.763. The molecule has 104 valence electrons. The zero-order chi connectivity index (χ0) is 14.4. The van der Waals surface area contributed by atoms with E-state index in [0.29, 0.717) is 12.3 Å². The van der Waals surface area contributed by atoms with Crippen molar-refractivity contribution in [2.75, 3.05) is 0 Å². The minimum Gasteiger partial charge on any atom is -0.457 e. The molecular weight excluding hydrogens is 248 g/mol. The lowest BCUT2D eigenvalue weighted by atomic mass is 9.96. The molecule has 0 spiro atoms. The Morgan fingerprint density at radius 1 is 1.00 bits per heavy atom. The molecule has 0 amide bonds. The van der Waals surface area contributed by atoms with Crippen LogP contribution in [0.4, 0.5) is 0 Å². The smallest absolute Gasteiger partial charge is 0.130 e. The van der Waals surface area contributed by atoms with Crippen molar-refractivity contribution in [2.24, 2.45) is 5.92 Å². The third-order valence-corrected chi connectivity index (χ3v) is 3.12. The van der Waals surface area contributed by atoms with Gasteiger partial charge in [-0.1, -0.05) is 37.3 Å². The summed E-state index contributed by atoms with van der Waals surface area (Å²) >= 11 is 0. The molecule has 2 aromatic rings. The van der Waals surface area contributed by atoms with Crippen LogP contribution >= 0.6 is 0 Å². The molecule has 0 saturated carbocycles. The van der Waals surface area contributed by atoms with Gasteiger partial charge in [0.1, 0.15) is 17.3 Å². The van der Waals surface area contributed by atoms with Crippen molar-refractivity contribution in [2.45, 2.75) is 26.7 Å². The molecule has 0 aliphatic carbocycles. The van der Waals surface area contributed by atoms with Crippen LogP contribution in [0, 0.1) is 5.92 Å². The molecule has 0 heterocycles. The third-order valence-electron chi connectivity index (χ3n) is 3.12. The van der Waals surface area contributed by atoms with Crippen LogP contribution in [0.3, 0.4) is 0 Å². The topological polar surface area (TPSA) is 26.3 Å². The minimum atomic E-state index is 0.251. The second-order valence-corrected chi connectivity index (χ2v) is 5.27. The van der Waals surface area contributed by atoms with Crippen molar-refractivity contribution >= 4 is 5.78 Å². The fraction of sp³-hybridized carbons (Fsp3) is 0.278. The van der Waals surface area contributed by atoms with Crippen molar-refractivity contribution in [1.29, 1.82) is 0 Å². The summed E-state index contributed by atoms with van der Waals surface area (Å²) in [5.74, 6) is 2.30. The second kappa shape index (κ2) is 6.90. The van der Waals surface area contributed by atoms with Gasteiger partial charge in [-0.3, -0.25) is 0 Å². The van der Waals surface area contributed by atoms with E-state index in [1.165, 1.54) is 5.56 Å². The Labute approximate surface area is 120 Å². The van der Waals surface area contributed by atoms with Crippen LogP contribution in [0.25, 0.3) is 0 Å². The maximum Gasteiger partial charge on any atom is 0.130 e. The van der Waals surface area contributed by atoms with Crippen LogP contribution in [-0.2, 0) is 11.2 Å². The molecule has 2 rings (SSSR count). The first kappa shape index (κ1) is 14.3. The molecule has 2 heteroatoms. The molecule has 0 bridgehead atoms. The summed E-state index contributed by atoms with van der Waals surface area (Å²) < 4.78 is 5.75. The molecule has 20 heavy (non-hydrogen) atoms. The van der Waals surface area contributed by atoms with Gasteiger partial charge >= 0.3 is 0 Å². The lowest BCUT2D eigenvalue weighted by Crippen LogP contribution is -2.04. The lowest BCUT2D eigenvalue weighted by Gasteiger charge is -2.10. The SMILES string of the molecule is CC(=O)CC(C)Cc1ccc(Oc2ccccc2)cc1. The van der Waals surface area contributed by atoms with Crippen LogP contribution in [0.2, 0.25) is 0 Å². The van der Waals surface area contributed by atoms with E-state index in [0.717, 1.165) is 17.9 Å². The number of benzene rings is 2. The molecule has 2 aromatic carbocycles. The molecule has 1 atom stereocenters. The van der Waals surface area contributed by atoms with Gasteiger partial charge in [0.15, 0.2) is 0 Å². The highest BCUT2D eigenvalue weighted by atomic mass is 16.5. The Morgan fingerprint density at radius 3 is 2.20 bits per heavy atom. The van der Waals surface area contributed by atoms with E-state index in [1.54, 1.807) is 6.92 Å². The van der Waals surface area contributed by atoms with Crippen LogP contribution in [0.1, 0.15) is 25.8 Å². The standard InChI is InChI=1S/C18H20O2/c1-14(12-15(2)19)13-16-8-10-18(11-9-16)20-17-6-4-3-5-7-17/h3-11,14H,12-13H2,1-2H3. The predicted octanol–water partition coefficient (Wildman–Crippen LogP) is 4.64. The summed E-state index contributed by atoms with van der Waals surface area (Å²) in [6.45, 7) is 3.75. The van der Waals surface area contributed by atoms with E-state index in [1.807, 2.05) is 42.5 Å². The number of ether oxygens (including phenoxy) is 1. The molecule has 0 saturated heterocycles. The minimum absolute atomic E-state index is 0.251. The fourth-order valence-corrected chi connectivity index (χ4v) is 2.28. The maximum absolute atomic E-state index is 11.1. The van der Waals surface area contributed by atoms with Crippen LogP contribution < -0.4 is 4.74 Å². The summed E-state index contributed by atoms with van der Waals surface area (Å²) in [6.07, 6.45) is 1.56. The van der Waals surface area contributed by atoms with Gasteiger partial charge in [0.25, 0.3) is 0 Å². The van der Waals surface area contributed by atoms with Crippen molar-refractivity contribution in [3.8, 4) is 11.5 Å². The van der Waals surface area contributed by atoms with Crippen LogP contribution in [0.5, 0.6) is 11.5 Å². The zero-order valence-electron chi connectivity index (χ0n) is 12.0. The van der Waals surface area contributed by atoms with Gasteiger partial charge in [-0.15, -0.1) is 0 Å². The van der Waals surface area contributed by atoms with Gasteiger partial charge in [0.2, 0.25) is 0 Å². The maximum atomic E-state index is 11.1. The van der Waals surface area contributed by atoms with Gasteiger partial charge < -0.3 is 9.53 Å². The van der Waals surface area contributed by atoms with Crippen molar-refractivity contribution < 1.29 is 9.53 Å². The van der Waals surface area contributed by atoms with Crippen molar-refractivity contribution in [3.05, 3.63) is 60.2 Å². The van der Waals surface area contributed by atoms with Gasteiger partial charge in [-0.2, -0.15) is 0 Å². The summed E-state index contributed by atoms with van der Waals surface area (Å²) in [5.41, 5.74) is 1.24. The predicted molar refractivity (Wildman–Crippen MR) is 81.1 cm³/mol. The summed E-state index contributed by atoms with van der Waals surface area (Å²) in [4.78, 5) is 11.1. The lowest BCUT2D eigenvalue weighted by molar-refractivity contribution is -0.117. The number of carbonyl (C=O) groups excluding carboxylic acids is 1. The Bertz CT molecular complexity index is 543. The summed E-state index contributed by atoms with van der Waals surface area (Å²) in [5, 5.41) is 0. The molecule has 2 nitrogen and oxygen atoms in total. The molecule has 0 radical (unpaired) electrons. The van der Waals surface area contributed by atoms with Crippen molar-refractivity contribution in [1.82, 2.24) is 0 Å². The molecule has 1 unspecified atom stereocenters. The van der Waals surface area contributed by atoms with E-state index in [9.17, 15) is 4.79 Å². The normalized spacial score (nSPS) is 11.9. The number of hydrogen-bond acceptors (Lipinski definition) is 2. The van der Waals surface area contributed by atoms with E-state index in [-0.39, 0.29) is 5.78 Å². The Balaban J connectivity index is 1.94. The van der Waals surface area contributed by atoms with Gasteiger partial charge in [-0.25, -0.2) is 0 Å². The highest BCUT2D eigenvalue weighted by Crippen LogP contribution is 2.22. The van der Waals surface area contributed by atoms with Gasteiger partial charge in [-0.05, 0) is 49.1 Å². The number of rotatable bonds is 6. The molecule has 0 fully saturated rings. The third kappa shape index (κ3) is 4.54. The average Bonchev–Trinajstić information content (AvgIpc) is 2.41. The summed E-state index contributed by atoms with van der Waals surface area (Å²) in [6, 6.07) is 17.8. The fourth-order valence-electron chi connectivity index (χ4n) is 2.28.